The summed E-state index contributed by atoms with van der Waals surface area (Å²) in [7, 11) is 8.36. The summed E-state index contributed by atoms with van der Waals surface area (Å²) in [5.74, 6) is 1.87. The Bertz CT molecular complexity index is 957. The predicted octanol–water partition coefficient (Wildman–Crippen LogP) is 3.16. The van der Waals surface area contributed by atoms with Crippen LogP contribution in [0.1, 0.15) is 39.2 Å². The van der Waals surface area contributed by atoms with Crippen LogP contribution in [0.15, 0.2) is 24.3 Å². The van der Waals surface area contributed by atoms with E-state index < -0.39 is 12.1 Å². The minimum atomic E-state index is -0.459. The monoisotopic (exact) mass is 399 g/mol. The molecule has 0 radical (unpaired) electrons. The first-order valence-corrected chi connectivity index (χ1v) is 9.44. The second kappa shape index (κ2) is 7.48. The molecular weight excluding hydrogens is 374 g/mol. The number of hydrogen-bond donors (Lipinski definition) is 0. The van der Waals surface area contributed by atoms with E-state index in [0.717, 1.165) is 29.7 Å². The van der Waals surface area contributed by atoms with Crippen LogP contribution in [-0.2, 0) is 11.2 Å². The molecule has 2 aromatic carbocycles. The number of esters is 1. The van der Waals surface area contributed by atoms with Gasteiger partial charge in [0.15, 0.2) is 23.0 Å². The third kappa shape index (κ3) is 2.97. The highest BCUT2D eigenvalue weighted by molar-refractivity contribution is 5.98. The van der Waals surface area contributed by atoms with Crippen LogP contribution in [0.25, 0.3) is 0 Å². The molecule has 0 aromatic heterocycles. The summed E-state index contributed by atoms with van der Waals surface area (Å²) in [4.78, 5) is 15.0. The molecule has 0 aliphatic carbocycles. The smallest absolute Gasteiger partial charge is 0.343 e. The molecule has 0 bridgehead atoms. The van der Waals surface area contributed by atoms with E-state index in [9.17, 15) is 4.79 Å². The lowest BCUT2D eigenvalue weighted by Gasteiger charge is -2.38. The number of hydrogen-bond acceptors (Lipinski definition) is 7. The minimum absolute atomic E-state index is 0.151. The molecule has 2 aliphatic heterocycles. The molecule has 0 spiro atoms. The maximum Gasteiger partial charge on any atom is 0.343 e. The van der Waals surface area contributed by atoms with E-state index >= 15 is 0 Å². The molecule has 2 aliphatic rings. The first-order valence-electron chi connectivity index (χ1n) is 9.44. The van der Waals surface area contributed by atoms with Gasteiger partial charge in [-0.3, -0.25) is 4.90 Å². The second-order valence-electron chi connectivity index (χ2n) is 7.17. The molecule has 0 N–H and O–H groups in total. The Balaban J connectivity index is 1.85. The van der Waals surface area contributed by atoms with Crippen molar-refractivity contribution < 1.29 is 28.5 Å². The largest absolute Gasteiger partial charge is 0.493 e. The third-order valence-electron chi connectivity index (χ3n) is 5.78. The number of methoxy groups -OCH3 is 4. The van der Waals surface area contributed by atoms with E-state index in [4.69, 9.17) is 23.7 Å². The summed E-state index contributed by atoms with van der Waals surface area (Å²) in [5, 5.41) is 0. The van der Waals surface area contributed by atoms with Gasteiger partial charge in [-0.05, 0) is 42.8 Å². The van der Waals surface area contributed by atoms with E-state index in [1.165, 1.54) is 7.11 Å². The van der Waals surface area contributed by atoms with Crippen LogP contribution in [0.2, 0.25) is 0 Å². The van der Waals surface area contributed by atoms with Gasteiger partial charge in [-0.25, -0.2) is 4.79 Å². The highest BCUT2D eigenvalue weighted by atomic mass is 16.6. The minimum Gasteiger partial charge on any atom is -0.493 e. The Kier molecular flexibility index (Phi) is 5.00. The van der Waals surface area contributed by atoms with Crippen molar-refractivity contribution in [2.75, 3.05) is 42.0 Å². The van der Waals surface area contributed by atoms with Crippen molar-refractivity contribution in [3.8, 4) is 23.0 Å². The molecule has 2 atom stereocenters. The summed E-state index contributed by atoms with van der Waals surface area (Å²) >= 11 is 0. The number of likely N-dealkylation sites (N-methyl/N-ethyl adjacent to an activating group) is 1. The van der Waals surface area contributed by atoms with Crippen LogP contribution in [0.3, 0.4) is 0 Å². The van der Waals surface area contributed by atoms with Gasteiger partial charge >= 0.3 is 5.97 Å². The summed E-state index contributed by atoms with van der Waals surface area (Å²) in [6.45, 7) is 0.837. The lowest BCUT2D eigenvalue weighted by molar-refractivity contribution is 0.00931. The van der Waals surface area contributed by atoms with Crippen LogP contribution < -0.4 is 18.9 Å². The van der Waals surface area contributed by atoms with Gasteiger partial charge in [-0.2, -0.15) is 0 Å². The van der Waals surface area contributed by atoms with Crippen molar-refractivity contribution in [2.45, 2.75) is 18.6 Å². The van der Waals surface area contributed by atoms with Crippen molar-refractivity contribution >= 4 is 5.97 Å². The second-order valence-corrected chi connectivity index (χ2v) is 7.17. The first kappa shape index (κ1) is 19.4. The van der Waals surface area contributed by atoms with Gasteiger partial charge in [0.1, 0.15) is 11.7 Å². The molecule has 0 saturated heterocycles. The van der Waals surface area contributed by atoms with Crippen molar-refractivity contribution in [3.05, 3.63) is 46.5 Å². The van der Waals surface area contributed by atoms with Gasteiger partial charge in [0.25, 0.3) is 0 Å². The normalized spacial score (nSPS) is 20.5. The average Bonchev–Trinajstić information content (AvgIpc) is 3.08. The Hall–Kier alpha value is -2.93. The van der Waals surface area contributed by atoms with Gasteiger partial charge in [-0.15, -0.1) is 0 Å². The highest BCUT2D eigenvalue weighted by Crippen LogP contribution is 2.50. The lowest BCUT2D eigenvalue weighted by atomic mass is 9.86. The number of rotatable bonds is 5. The molecule has 0 fully saturated rings. The Morgan fingerprint density at radius 1 is 0.931 bits per heavy atom. The summed E-state index contributed by atoms with van der Waals surface area (Å²) in [6, 6.07) is 7.55. The summed E-state index contributed by atoms with van der Waals surface area (Å²) < 4.78 is 27.7. The Labute approximate surface area is 170 Å². The maximum absolute atomic E-state index is 12.8. The van der Waals surface area contributed by atoms with E-state index in [1.807, 2.05) is 31.3 Å². The van der Waals surface area contributed by atoms with E-state index in [0.29, 0.717) is 28.6 Å². The molecular formula is C22H25NO6. The van der Waals surface area contributed by atoms with Crippen LogP contribution >= 0.6 is 0 Å². The van der Waals surface area contributed by atoms with Crippen molar-refractivity contribution in [1.82, 2.24) is 4.90 Å². The van der Waals surface area contributed by atoms with Crippen LogP contribution in [0.4, 0.5) is 0 Å². The number of carbonyl (C=O) groups excluding carboxylic acids is 1. The molecule has 7 heteroatoms. The van der Waals surface area contributed by atoms with Crippen molar-refractivity contribution in [1.29, 1.82) is 0 Å². The highest BCUT2D eigenvalue weighted by Gasteiger charge is 2.44. The molecule has 2 aromatic rings. The molecule has 0 saturated carbocycles. The molecule has 7 nitrogen and oxygen atoms in total. The fourth-order valence-corrected chi connectivity index (χ4v) is 4.36. The molecule has 4 rings (SSSR count). The molecule has 29 heavy (non-hydrogen) atoms. The number of fused-ring (bicyclic) bond motifs is 2. The SMILES string of the molecule is COc1cc2c(cc1OC)[C@H]([C@@H]1OC(=O)c3c1ccc(OC)c3OC)N(C)CC2. The van der Waals surface area contributed by atoms with E-state index in [2.05, 4.69) is 4.90 Å². The number of cyclic esters (lactones) is 1. The molecule has 154 valence electrons. The first-order chi connectivity index (χ1) is 14.0. The Morgan fingerprint density at radius 3 is 2.28 bits per heavy atom. The van der Waals surface area contributed by atoms with E-state index in [1.54, 1.807) is 21.3 Å². The van der Waals surface area contributed by atoms with Crippen molar-refractivity contribution in [2.24, 2.45) is 0 Å². The van der Waals surface area contributed by atoms with Crippen LogP contribution in [0.5, 0.6) is 23.0 Å². The molecule has 0 amide bonds. The average molecular weight is 399 g/mol. The quantitative estimate of drug-likeness (QED) is 0.716. The van der Waals surface area contributed by atoms with Crippen LogP contribution in [0, 0.1) is 0 Å². The molecule has 0 unspecified atom stereocenters. The topological polar surface area (TPSA) is 66.5 Å². The maximum atomic E-state index is 12.8. The van der Waals surface area contributed by atoms with Crippen LogP contribution in [-0.4, -0.2) is 52.9 Å². The fraction of sp³-hybridized carbons (Fsp3) is 0.409. The summed E-state index contributed by atoms with van der Waals surface area (Å²) in [5.41, 5.74) is 3.46. The third-order valence-corrected chi connectivity index (χ3v) is 5.78. The van der Waals surface area contributed by atoms with Crippen molar-refractivity contribution in [3.63, 3.8) is 0 Å². The zero-order chi connectivity index (χ0) is 20.7. The van der Waals surface area contributed by atoms with Gasteiger partial charge in [0, 0.05) is 12.1 Å². The standard InChI is InChI=1S/C22H25NO6/c1-23-9-8-12-10-16(26-3)17(27-4)11-14(12)19(23)20-13-6-7-15(25-2)21(28-5)18(13)22(24)29-20/h6-7,10-11,19-20H,8-9H2,1-5H3/t19-,20-/m1/s1. The number of benzene rings is 2. The zero-order valence-corrected chi connectivity index (χ0v) is 17.3. The van der Waals surface area contributed by atoms with Gasteiger partial charge in [0.05, 0.1) is 34.5 Å². The Morgan fingerprint density at radius 2 is 1.62 bits per heavy atom. The van der Waals surface area contributed by atoms with Gasteiger partial charge in [-0.1, -0.05) is 6.07 Å². The number of nitrogens with zero attached hydrogens (tertiary/aromatic N) is 1. The molecule has 2 heterocycles. The lowest BCUT2D eigenvalue weighted by Crippen LogP contribution is -2.36. The fourth-order valence-electron chi connectivity index (χ4n) is 4.36. The van der Waals surface area contributed by atoms with Gasteiger partial charge < -0.3 is 23.7 Å². The zero-order valence-electron chi connectivity index (χ0n) is 17.3. The summed E-state index contributed by atoms with van der Waals surface area (Å²) in [6.07, 6.45) is 0.418. The van der Waals surface area contributed by atoms with Gasteiger partial charge in [0.2, 0.25) is 0 Å². The predicted molar refractivity (Wildman–Crippen MR) is 106 cm³/mol. The number of carbonyl (C=O) groups is 1. The number of ether oxygens (including phenoxy) is 5. The van der Waals surface area contributed by atoms with E-state index in [-0.39, 0.29) is 6.04 Å².